The highest BCUT2D eigenvalue weighted by Gasteiger charge is 2.04. The van der Waals surface area contributed by atoms with Gasteiger partial charge in [0.15, 0.2) is 0 Å². The van der Waals surface area contributed by atoms with Crippen molar-refractivity contribution < 1.29 is 0 Å². The first-order chi connectivity index (χ1) is 8.56. The highest BCUT2D eigenvalue weighted by atomic mass is 35.5. The molecule has 0 amide bonds. The van der Waals surface area contributed by atoms with Gasteiger partial charge in [-0.25, -0.2) is 4.98 Å². The number of pyridine rings is 1. The van der Waals surface area contributed by atoms with E-state index in [0.29, 0.717) is 10.0 Å². The predicted octanol–water partition coefficient (Wildman–Crippen LogP) is 4.56. The zero-order valence-electron chi connectivity index (χ0n) is 9.73. The Morgan fingerprint density at radius 1 is 1.17 bits per heavy atom. The van der Waals surface area contributed by atoms with Crippen molar-refractivity contribution in [3.05, 3.63) is 52.1 Å². The minimum absolute atomic E-state index is 0.00141. The lowest BCUT2D eigenvalue weighted by Gasteiger charge is -2.06. The molecule has 2 nitrogen and oxygen atoms in total. The van der Waals surface area contributed by atoms with Gasteiger partial charge in [-0.3, -0.25) is 0 Å². The Bertz CT molecular complexity index is 541. The zero-order chi connectivity index (χ0) is 13.1. The summed E-state index contributed by atoms with van der Waals surface area (Å²) in [5.41, 5.74) is 6.80. The van der Waals surface area contributed by atoms with E-state index in [1.54, 1.807) is 12.3 Å². The van der Waals surface area contributed by atoms with Crippen LogP contribution in [0.5, 0.6) is 0 Å². The summed E-state index contributed by atoms with van der Waals surface area (Å²) in [6, 6.07) is 9.46. The Kier molecular flexibility index (Phi) is 4.51. The van der Waals surface area contributed by atoms with Gasteiger partial charge < -0.3 is 5.73 Å². The van der Waals surface area contributed by atoms with Crippen molar-refractivity contribution in [1.29, 1.82) is 0 Å². The Labute approximate surface area is 121 Å². The predicted molar refractivity (Wildman–Crippen MR) is 77.4 cm³/mol. The maximum Gasteiger partial charge on any atom is 0.101 e. The highest BCUT2D eigenvalue weighted by molar-refractivity contribution is 7.99. The molecule has 0 saturated carbocycles. The van der Waals surface area contributed by atoms with E-state index >= 15 is 0 Å². The fourth-order valence-corrected chi connectivity index (χ4v) is 2.54. The molecule has 0 aliphatic carbocycles. The monoisotopic (exact) mass is 298 g/mol. The van der Waals surface area contributed by atoms with E-state index < -0.39 is 0 Å². The first-order valence-electron chi connectivity index (χ1n) is 5.40. The van der Waals surface area contributed by atoms with Gasteiger partial charge in [-0.2, -0.15) is 0 Å². The van der Waals surface area contributed by atoms with E-state index in [1.165, 1.54) is 11.8 Å². The van der Waals surface area contributed by atoms with Crippen LogP contribution < -0.4 is 5.73 Å². The maximum absolute atomic E-state index is 5.96. The van der Waals surface area contributed by atoms with E-state index in [2.05, 4.69) is 4.98 Å². The molecule has 0 saturated heterocycles. The van der Waals surface area contributed by atoms with Crippen molar-refractivity contribution in [1.82, 2.24) is 4.98 Å². The summed E-state index contributed by atoms with van der Waals surface area (Å²) in [5, 5.41) is 2.01. The van der Waals surface area contributed by atoms with Gasteiger partial charge in [-0.1, -0.05) is 41.0 Å². The molecule has 1 atom stereocenters. The summed E-state index contributed by atoms with van der Waals surface area (Å²) in [7, 11) is 0. The van der Waals surface area contributed by atoms with Crippen molar-refractivity contribution >= 4 is 35.0 Å². The number of nitrogens with two attached hydrogens (primary N) is 1. The lowest BCUT2D eigenvalue weighted by Crippen LogP contribution is -2.04. The van der Waals surface area contributed by atoms with Crippen LogP contribution in [0.1, 0.15) is 18.5 Å². The summed E-state index contributed by atoms with van der Waals surface area (Å²) in [6.45, 7) is 1.93. The number of rotatable bonds is 3. The fourth-order valence-electron chi connectivity index (χ4n) is 1.38. The molecule has 0 radical (unpaired) electrons. The number of aromatic nitrogens is 1. The van der Waals surface area contributed by atoms with Gasteiger partial charge in [0.1, 0.15) is 5.03 Å². The maximum atomic E-state index is 5.96. The average molecular weight is 299 g/mol. The second-order valence-corrected chi connectivity index (χ2v) is 5.80. The van der Waals surface area contributed by atoms with Crippen LogP contribution in [0, 0.1) is 0 Å². The number of nitrogens with zero attached hydrogens (tertiary/aromatic N) is 1. The number of benzene rings is 1. The summed E-state index contributed by atoms with van der Waals surface area (Å²) >= 11 is 13.4. The Hall–Kier alpha value is -0.740. The van der Waals surface area contributed by atoms with Crippen LogP contribution in [-0.2, 0) is 0 Å². The summed E-state index contributed by atoms with van der Waals surface area (Å²) in [4.78, 5) is 5.36. The molecule has 0 fully saturated rings. The topological polar surface area (TPSA) is 38.9 Å². The third-order valence-electron chi connectivity index (χ3n) is 2.40. The standard InChI is InChI=1S/C13H12Cl2N2S/c1-8(16)9-2-5-13(17-7-9)18-10-3-4-11(14)12(15)6-10/h2-8H,16H2,1H3/t8-/m1/s1. The van der Waals surface area contributed by atoms with E-state index in [9.17, 15) is 0 Å². The molecule has 0 bridgehead atoms. The number of halogens is 2. The minimum Gasteiger partial charge on any atom is -0.324 e. The normalized spacial score (nSPS) is 12.4. The van der Waals surface area contributed by atoms with Crippen LogP contribution in [0.3, 0.4) is 0 Å². The van der Waals surface area contributed by atoms with Crippen molar-refractivity contribution in [2.75, 3.05) is 0 Å². The summed E-state index contributed by atoms with van der Waals surface area (Å²) in [6.07, 6.45) is 1.80. The Morgan fingerprint density at radius 3 is 2.50 bits per heavy atom. The van der Waals surface area contributed by atoms with Crippen LogP contribution in [0.2, 0.25) is 10.0 Å². The molecular weight excluding hydrogens is 287 g/mol. The molecule has 1 aromatic carbocycles. The largest absolute Gasteiger partial charge is 0.324 e. The zero-order valence-corrected chi connectivity index (χ0v) is 12.1. The van der Waals surface area contributed by atoms with E-state index in [0.717, 1.165) is 15.5 Å². The molecule has 2 rings (SSSR count). The quantitative estimate of drug-likeness (QED) is 0.903. The minimum atomic E-state index is 0.00141. The summed E-state index contributed by atoms with van der Waals surface area (Å²) < 4.78 is 0. The Morgan fingerprint density at radius 2 is 1.94 bits per heavy atom. The number of hydrogen-bond acceptors (Lipinski definition) is 3. The Balaban J connectivity index is 2.15. The van der Waals surface area contributed by atoms with Crippen molar-refractivity contribution in [3.8, 4) is 0 Å². The SMILES string of the molecule is C[C@@H](N)c1ccc(Sc2ccc(Cl)c(Cl)c2)nc1. The van der Waals surface area contributed by atoms with Crippen LogP contribution in [0.25, 0.3) is 0 Å². The molecule has 0 aliphatic heterocycles. The van der Waals surface area contributed by atoms with Gasteiger partial charge in [0.25, 0.3) is 0 Å². The van der Waals surface area contributed by atoms with Gasteiger partial charge >= 0.3 is 0 Å². The third kappa shape index (κ3) is 3.39. The lowest BCUT2D eigenvalue weighted by atomic mass is 10.2. The molecule has 1 heterocycles. The van der Waals surface area contributed by atoms with Crippen LogP contribution in [0.4, 0.5) is 0 Å². The number of hydrogen-bond donors (Lipinski definition) is 1. The second kappa shape index (κ2) is 5.93. The van der Waals surface area contributed by atoms with Crippen molar-refractivity contribution in [2.24, 2.45) is 5.73 Å². The molecule has 0 aliphatic rings. The third-order valence-corrected chi connectivity index (χ3v) is 4.08. The van der Waals surface area contributed by atoms with Crippen molar-refractivity contribution in [2.45, 2.75) is 22.9 Å². The lowest BCUT2D eigenvalue weighted by molar-refractivity contribution is 0.806. The second-order valence-electron chi connectivity index (χ2n) is 3.90. The molecular formula is C13H12Cl2N2S. The van der Waals surface area contributed by atoms with Crippen LogP contribution >= 0.6 is 35.0 Å². The van der Waals surface area contributed by atoms with Crippen LogP contribution in [-0.4, -0.2) is 4.98 Å². The highest BCUT2D eigenvalue weighted by Crippen LogP contribution is 2.31. The van der Waals surface area contributed by atoms with Gasteiger partial charge in [0, 0.05) is 17.1 Å². The summed E-state index contributed by atoms with van der Waals surface area (Å²) in [5.74, 6) is 0. The van der Waals surface area contributed by atoms with E-state index in [4.69, 9.17) is 28.9 Å². The van der Waals surface area contributed by atoms with E-state index in [1.807, 2.05) is 31.2 Å². The molecule has 5 heteroatoms. The van der Waals surface area contributed by atoms with Gasteiger partial charge in [-0.05, 0) is 36.8 Å². The van der Waals surface area contributed by atoms with Gasteiger partial charge in [-0.15, -0.1) is 0 Å². The first-order valence-corrected chi connectivity index (χ1v) is 6.98. The first kappa shape index (κ1) is 13.7. The van der Waals surface area contributed by atoms with Crippen molar-refractivity contribution in [3.63, 3.8) is 0 Å². The molecule has 18 heavy (non-hydrogen) atoms. The molecule has 1 aromatic heterocycles. The average Bonchev–Trinajstić information content (AvgIpc) is 2.34. The molecule has 2 aromatic rings. The van der Waals surface area contributed by atoms with E-state index in [-0.39, 0.29) is 6.04 Å². The van der Waals surface area contributed by atoms with Crippen LogP contribution in [0.15, 0.2) is 46.5 Å². The molecule has 0 spiro atoms. The smallest absolute Gasteiger partial charge is 0.101 e. The van der Waals surface area contributed by atoms with Gasteiger partial charge in [0.2, 0.25) is 0 Å². The molecule has 94 valence electrons. The molecule has 0 unspecified atom stereocenters. The fraction of sp³-hybridized carbons (Fsp3) is 0.154. The van der Waals surface area contributed by atoms with Gasteiger partial charge in [0.05, 0.1) is 10.0 Å². The molecule has 2 N–H and O–H groups in total.